The fourth-order valence-electron chi connectivity index (χ4n) is 4.24. The molecule has 0 amide bonds. The highest BCUT2D eigenvalue weighted by Gasteiger charge is 2.47. The average Bonchev–Trinajstić information content (AvgIpc) is 2.79. The summed E-state index contributed by atoms with van der Waals surface area (Å²) in [6.45, 7) is 10.4. The Morgan fingerprint density at radius 1 is 1.06 bits per heavy atom. The van der Waals surface area contributed by atoms with E-state index < -0.39 is 36.3 Å². The number of methoxy groups -OCH3 is 1. The Labute approximate surface area is 188 Å². The van der Waals surface area contributed by atoms with Gasteiger partial charge in [0.05, 0.1) is 24.2 Å². The largest absolute Gasteiger partial charge is 0.467 e. The van der Waals surface area contributed by atoms with Crippen molar-refractivity contribution in [2.24, 2.45) is 11.8 Å². The summed E-state index contributed by atoms with van der Waals surface area (Å²) in [5.41, 5.74) is 0. The number of sulfone groups is 1. The molecule has 4 unspecified atom stereocenters. The van der Waals surface area contributed by atoms with Crippen LogP contribution in [0.4, 0.5) is 0 Å². The van der Waals surface area contributed by atoms with Crippen molar-refractivity contribution in [3.63, 3.8) is 0 Å². The maximum absolute atomic E-state index is 12.7. The second kappa shape index (κ2) is 10.9. The number of rotatable bonds is 9. The molecule has 1 saturated heterocycles. The van der Waals surface area contributed by atoms with Crippen LogP contribution in [0.5, 0.6) is 0 Å². The van der Waals surface area contributed by atoms with Gasteiger partial charge in [0, 0.05) is 17.2 Å². The van der Waals surface area contributed by atoms with Gasteiger partial charge in [0.2, 0.25) is 0 Å². The number of hydrogen-bond donors (Lipinski definition) is 0. The summed E-state index contributed by atoms with van der Waals surface area (Å²) in [7, 11) is -4.24. The zero-order chi connectivity index (χ0) is 23.2. The van der Waals surface area contributed by atoms with Gasteiger partial charge in [-0.15, -0.1) is 0 Å². The van der Waals surface area contributed by atoms with Crippen molar-refractivity contribution in [2.75, 3.05) is 7.11 Å². The first-order valence-corrected chi connectivity index (χ1v) is 15.1. The van der Waals surface area contributed by atoms with Gasteiger partial charge in [0.1, 0.15) is 0 Å². The van der Waals surface area contributed by atoms with Gasteiger partial charge in [-0.1, -0.05) is 52.8 Å². The van der Waals surface area contributed by atoms with E-state index in [0.29, 0.717) is 0 Å². The number of carbonyl (C=O) groups excluding carboxylic acids is 1. The predicted octanol–water partition coefficient (Wildman–Crippen LogP) is 4.58. The van der Waals surface area contributed by atoms with E-state index in [1.165, 1.54) is 18.6 Å². The molecule has 1 aliphatic rings. The molecule has 5 atom stereocenters. The third kappa shape index (κ3) is 5.86. The van der Waals surface area contributed by atoms with Crippen LogP contribution in [0.25, 0.3) is 0 Å². The molecule has 1 aromatic rings. The van der Waals surface area contributed by atoms with Gasteiger partial charge >= 0.3 is 5.97 Å². The minimum atomic E-state index is -3.62. The standard InChI is InChI=1S/C23H36O6SSi/c1-7-31(8-2,9-3)29-21-17(4)20(28-22(18(21)5)23(24)27-6)15-16-30(25,26)19-13-11-10-12-14-19/h10-18,20-22H,7-9H2,1-6H3/b16-15+/t17?,18?,20?,21-,22?/m1/s1. The maximum atomic E-state index is 12.7. The van der Waals surface area contributed by atoms with E-state index in [1.54, 1.807) is 30.3 Å². The van der Waals surface area contributed by atoms with Gasteiger partial charge < -0.3 is 13.9 Å². The average molecular weight is 469 g/mol. The second-order valence-electron chi connectivity index (χ2n) is 8.28. The smallest absolute Gasteiger partial charge is 0.335 e. The number of hydrogen-bond acceptors (Lipinski definition) is 6. The molecule has 0 spiro atoms. The highest BCUT2D eigenvalue weighted by atomic mass is 32.2. The first-order chi connectivity index (χ1) is 14.6. The van der Waals surface area contributed by atoms with Gasteiger partial charge in [-0.05, 0) is 36.3 Å². The number of ether oxygens (including phenoxy) is 2. The van der Waals surface area contributed by atoms with Crippen LogP contribution in [0.15, 0.2) is 46.7 Å². The van der Waals surface area contributed by atoms with Crippen LogP contribution in [0, 0.1) is 11.8 Å². The summed E-state index contributed by atoms with van der Waals surface area (Å²) in [5.74, 6) is -0.780. The van der Waals surface area contributed by atoms with E-state index in [0.717, 1.165) is 18.1 Å². The van der Waals surface area contributed by atoms with Gasteiger partial charge in [-0.3, -0.25) is 0 Å². The molecule has 0 N–H and O–H groups in total. The molecular formula is C23H36O6SSi. The normalized spacial score (nSPS) is 27.4. The fraction of sp³-hybridized carbons (Fsp3) is 0.609. The van der Waals surface area contributed by atoms with Crippen LogP contribution in [0.1, 0.15) is 34.6 Å². The molecule has 1 aliphatic heterocycles. The number of esters is 1. The van der Waals surface area contributed by atoms with Crippen LogP contribution >= 0.6 is 0 Å². The van der Waals surface area contributed by atoms with Gasteiger partial charge in [0.25, 0.3) is 0 Å². The van der Waals surface area contributed by atoms with Crippen LogP contribution in [0.2, 0.25) is 18.1 Å². The summed E-state index contributed by atoms with van der Waals surface area (Å²) < 4.78 is 43.2. The maximum Gasteiger partial charge on any atom is 0.335 e. The Kier molecular flexibility index (Phi) is 9.06. The lowest BCUT2D eigenvalue weighted by atomic mass is 9.83. The van der Waals surface area contributed by atoms with Crippen LogP contribution < -0.4 is 0 Å². The predicted molar refractivity (Wildman–Crippen MR) is 124 cm³/mol. The molecule has 1 heterocycles. The molecule has 31 heavy (non-hydrogen) atoms. The zero-order valence-electron chi connectivity index (χ0n) is 19.4. The van der Waals surface area contributed by atoms with Crippen molar-refractivity contribution in [3.8, 4) is 0 Å². The minimum Gasteiger partial charge on any atom is -0.467 e. The van der Waals surface area contributed by atoms with Crippen LogP contribution in [-0.4, -0.2) is 48.1 Å². The van der Waals surface area contributed by atoms with Crippen molar-refractivity contribution in [1.29, 1.82) is 0 Å². The molecule has 1 aromatic carbocycles. The van der Waals surface area contributed by atoms with Crippen molar-refractivity contribution >= 4 is 24.1 Å². The summed E-state index contributed by atoms with van der Waals surface area (Å²) >= 11 is 0. The lowest BCUT2D eigenvalue weighted by Crippen LogP contribution is -2.56. The SMILES string of the molecule is CC[Si](CC)(CC)O[C@@H]1C(C)C(/C=C/S(=O)(=O)c2ccccc2)OC(C(=O)OC)C1C. The van der Waals surface area contributed by atoms with Crippen molar-refractivity contribution in [3.05, 3.63) is 41.8 Å². The number of carbonyl (C=O) groups is 1. The van der Waals surface area contributed by atoms with Gasteiger partial charge in [0.15, 0.2) is 24.3 Å². The summed E-state index contributed by atoms with van der Waals surface area (Å²) in [4.78, 5) is 12.7. The second-order valence-corrected chi connectivity index (χ2v) is 14.8. The molecule has 0 aliphatic carbocycles. The summed E-state index contributed by atoms with van der Waals surface area (Å²) in [6.07, 6.45) is -0.0739. The third-order valence-corrected chi connectivity index (χ3v) is 12.7. The monoisotopic (exact) mass is 468 g/mol. The molecule has 0 bridgehead atoms. The van der Waals surface area contributed by atoms with E-state index in [2.05, 4.69) is 20.8 Å². The first-order valence-electron chi connectivity index (χ1n) is 11.0. The third-order valence-electron chi connectivity index (χ3n) is 6.61. The van der Waals surface area contributed by atoms with Crippen LogP contribution in [0.3, 0.4) is 0 Å². The molecule has 2 rings (SSSR count). The van der Waals surface area contributed by atoms with Crippen molar-refractivity contribution in [1.82, 2.24) is 0 Å². The molecule has 0 aromatic heterocycles. The van der Waals surface area contributed by atoms with E-state index in [9.17, 15) is 13.2 Å². The molecule has 8 heteroatoms. The van der Waals surface area contributed by atoms with E-state index >= 15 is 0 Å². The Hall–Kier alpha value is -1.48. The molecular weight excluding hydrogens is 432 g/mol. The Balaban J connectivity index is 2.37. The summed E-state index contributed by atoms with van der Waals surface area (Å²) in [5, 5.41) is 1.18. The topological polar surface area (TPSA) is 78.9 Å². The van der Waals surface area contributed by atoms with E-state index in [1.807, 2.05) is 13.8 Å². The van der Waals surface area contributed by atoms with Gasteiger partial charge in [-0.2, -0.15) is 0 Å². The lowest BCUT2D eigenvalue weighted by Gasteiger charge is -2.46. The Morgan fingerprint density at radius 3 is 2.16 bits per heavy atom. The van der Waals surface area contributed by atoms with E-state index in [4.69, 9.17) is 13.9 Å². The Bertz CT molecular complexity index is 842. The molecule has 0 radical (unpaired) electrons. The van der Waals surface area contributed by atoms with Crippen molar-refractivity contribution < 1.29 is 27.1 Å². The highest BCUT2D eigenvalue weighted by molar-refractivity contribution is 7.94. The highest BCUT2D eigenvalue weighted by Crippen LogP contribution is 2.37. The zero-order valence-corrected chi connectivity index (χ0v) is 21.2. The lowest BCUT2D eigenvalue weighted by molar-refractivity contribution is -0.183. The molecule has 174 valence electrons. The number of benzene rings is 1. The van der Waals surface area contributed by atoms with E-state index in [-0.39, 0.29) is 22.8 Å². The minimum absolute atomic E-state index is 0.116. The molecule has 6 nitrogen and oxygen atoms in total. The van der Waals surface area contributed by atoms with Gasteiger partial charge in [-0.25, -0.2) is 13.2 Å². The summed E-state index contributed by atoms with van der Waals surface area (Å²) in [6, 6.07) is 11.2. The fourth-order valence-corrected chi connectivity index (χ4v) is 8.30. The Morgan fingerprint density at radius 2 is 1.65 bits per heavy atom. The van der Waals surface area contributed by atoms with Crippen molar-refractivity contribution in [2.45, 2.75) is 76.0 Å². The molecule has 0 saturated carbocycles. The molecule has 1 fully saturated rings. The van der Waals surface area contributed by atoms with Crippen LogP contribution in [-0.2, 0) is 28.5 Å². The first kappa shape index (κ1) is 25.8. The quantitative estimate of drug-likeness (QED) is 0.390.